The molecular formula is C15H34NNaO4S. The molecule has 1 unspecified atom stereocenters. The molecule has 1 atom stereocenters. The molecule has 0 rings (SSSR count). The van der Waals surface area contributed by atoms with Gasteiger partial charge in [-0.15, -0.1) is 0 Å². The van der Waals surface area contributed by atoms with E-state index < -0.39 is 22.1 Å². The van der Waals surface area contributed by atoms with E-state index in [9.17, 15) is 13.5 Å². The maximum absolute atomic E-state index is 10.7. The van der Waals surface area contributed by atoms with Crippen LogP contribution in [0.3, 0.4) is 0 Å². The van der Waals surface area contributed by atoms with Crippen LogP contribution < -0.4 is 0 Å². The fourth-order valence-electron chi connectivity index (χ4n) is 2.31. The summed E-state index contributed by atoms with van der Waals surface area (Å²) in [6.45, 7) is 2.87. The molecule has 0 amide bonds. The molecule has 0 saturated heterocycles. The maximum atomic E-state index is 10.7. The average molecular weight is 347 g/mol. The third kappa shape index (κ3) is 17.2. The first kappa shape index (κ1) is 25.1. The Labute approximate surface area is 158 Å². The van der Waals surface area contributed by atoms with E-state index in [1.165, 1.54) is 51.4 Å². The Morgan fingerprint density at radius 3 is 1.73 bits per heavy atom. The Kier molecular flexibility index (Phi) is 17.5. The van der Waals surface area contributed by atoms with E-state index >= 15 is 0 Å². The number of hydrogen-bond donors (Lipinski definition) is 2. The van der Waals surface area contributed by atoms with Crippen molar-refractivity contribution in [2.75, 3.05) is 19.3 Å². The Morgan fingerprint density at radius 2 is 1.32 bits per heavy atom. The summed E-state index contributed by atoms with van der Waals surface area (Å²) in [5, 5.41) is 9.58. The van der Waals surface area contributed by atoms with Gasteiger partial charge in [-0.25, -0.2) is 0 Å². The van der Waals surface area contributed by atoms with E-state index in [4.69, 9.17) is 4.55 Å². The van der Waals surface area contributed by atoms with Crippen LogP contribution in [-0.2, 0) is 10.1 Å². The van der Waals surface area contributed by atoms with Gasteiger partial charge in [-0.1, -0.05) is 64.7 Å². The van der Waals surface area contributed by atoms with Crippen molar-refractivity contribution in [3.05, 3.63) is 0 Å². The molecule has 0 aliphatic heterocycles. The number of unbranched alkanes of at least 4 members (excludes halogenated alkanes) is 9. The van der Waals surface area contributed by atoms with Gasteiger partial charge in [-0.05, 0) is 13.5 Å². The molecule has 0 aromatic carbocycles. The molecule has 2 N–H and O–H groups in total. The molecular weight excluding hydrogens is 313 g/mol. The quantitative estimate of drug-likeness (QED) is 0.218. The second kappa shape index (κ2) is 15.4. The van der Waals surface area contributed by atoms with Crippen LogP contribution in [-0.4, -0.2) is 78.1 Å². The van der Waals surface area contributed by atoms with Gasteiger partial charge in [0.05, 0.1) is 0 Å². The molecule has 0 aliphatic carbocycles. The Hall–Kier alpha value is 0.830. The summed E-state index contributed by atoms with van der Waals surface area (Å²) in [6.07, 6.45) is 11.3. The number of aliphatic hydroxyl groups is 1. The minimum absolute atomic E-state index is 0. The summed E-state index contributed by atoms with van der Waals surface area (Å²) in [5.74, 6) is -0.624. The van der Waals surface area contributed by atoms with Crippen molar-refractivity contribution in [3.8, 4) is 0 Å². The van der Waals surface area contributed by atoms with Gasteiger partial charge in [0.25, 0.3) is 10.1 Å². The van der Waals surface area contributed by atoms with E-state index in [1.807, 2.05) is 0 Å². The first-order valence-corrected chi connectivity index (χ1v) is 9.81. The topological polar surface area (TPSA) is 77.8 Å². The van der Waals surface area contributed by atoms with Crippen LogP contribution in [0.4, 0.5) is 0 Å². The van der Waals surface area contributed by atoms with Gasteiger partial charge in [-0.2, -0.15) is 8.42 Å². The molecule has 5 nitrogen and oxygen atoms in total. The van der Waals surface area contributed by atoms with E-state index in [1.54, 1.807) is 11.9 Å². The molecule has 0 aliphatic rings. The van der Waals surface area contributed by atoms with Crippen molar-refractivity contribution in [2.24, 2.45) is 0 Å². The summed E-state index contributed by atoms with van der Waals surface area (Å²) in [5.41, 5.74) is 0. The van der Waals surface area contributed by atoms with Crippen molar-refractivity contribution < 1.29 is 18.1 Å². The molecule has 0 saturated carbocycles. The molecule has 7 heteroatoms. The van der Waals surface area contributed by atoms with Gasteiger partial charge in [0, 0.05) is 6.54 Å². The zero-order valence-corrected chi connectivity index (χ0v) is 14.4. The normalized spacial score (nSPS) is 13.1. The summed E-state index contributed by atoms with van der Waals surface area (Å²) in [7, 11) is -2.44. The summed E-state index contributed by atoms with van der Waals surface area (Å²) in [4.78, 5) is 1.57. The van der Waals surface area contributed by atoms with E-state index in [0.29, 0.717) is 6.54 Å². The van der Waals surface area contributed by atoms with Crippen molar-refractivity contribution in [1.82, 2.24) is 4.90 Å². The van der Waals surface area contributed by atoms with Crippen LogP contribution in [0.2, 0.25) is 0 Å². The molecule has 130 valence electrons. The summed E-state index contributed by atoms with van der Waals surface area (Å²) < 4.78 is 30.0. The summed E-state index contributed by atoms with van der Waals surface area (Å²) in [6, 6.07) is 0. The van der Waals surface area contributed by atoms with Gasteiger partial charge in [0.1, 0.15) is 12.0 Å². The van der Waals surface area contributed by atoms with E-state index in [2.05, 4.69) is 6.92 Å². The van der Waals surface area contributed by atoms with Gasteiger partial charge in [0.2, 0.25) is 0 Å². The van der Waals surface area contributed by atoms with E-state index in [-0.39, 0.29) is 29.6 Å². The van der Waals surface area contributed by atoms with Gasteiger partial charge >= 0.3 is 29.6 Å². The number of nitrogens with zero attached hydrogens (tertiary/aromatic N) is 1. The van der Waals surface area contributed by atoms with E-state index in [0.717, 1.165) is 12.8 Å². The predicted octanol–water partition coefficient (Wildman–Crippen LogP) is 2.40. The van der Waals surface area contributed by atoms with Crippen molar-refractivity contribution in [3.63, 3.8) is 0 Å². The van der Waals surface area contributed by atoms with Crippen LogP contribution >= 0.6 is 0 Å². The van der Waals surface area contributed by atoms with Crippen LogP contribution in [0.1, 0.15) is 71.1 Å². The molecule has 0 aromatic rings. The third-order valence-corrected chi connectivity index (χ3v) is 4.45. The molecule has 0 aromatic heterocycles. The molecule has 0 fully saturated rings. The Morgan fingerprint density at radius 1 is 0.909 bits per heavy atom. The van der Waals surface area contributed by atoms with Gasteiger partial charge < -0.3 is 5.11 Å². The van der Waals surface area contributed by atoms with Crippen molar-refractivity contribution in [2.45, 2.75) is 77.4 Å². The molecule has 0 radical (unpaired) electrons. The van der Waals surface area contributed by atoms with Crippen LogP contribution in [0.25, 0.3) is 0 Å². The number of rotatable bonds is 14. The standard InChI is InChI=1S/C15H33NO4S.Na.H/c1-3-4-5-6-7-8-9-10-11-12-13-16(2)15(17)14-21(18,19)20;;/h15,17H,3-14H2,1-2H3,(H,18,19,20);;. The number of aliphatic hydroxyl groups excluding tert-OH is 1. The Balaban J connectivity index is 0. The number of hydrogen-bond acceptors (Lipinski definition) is 4. The molecule has 0 heterocycles. The van der Waals surface area contributed by atoms with Crippen LogP contribution in [0.15, 0.2) is 0 Å². The monoisotopic (exact) mass is 347 g/mol. The Bertz CT molecular complexity index is 338. The fraction of sp³-hybridized carbons (Fsp3) is 1.00. The first-order chi connectivity index (χ1) is 9.87. The average Bonchev–Trinajstić information content (AvgIpc) is 2.38. The van der Waals surface area contributed by atoms with Crippen LogP contribution in [0, 0.1) is 0 Å². The minimum atomic E-state index is -4.11. The zero-order chi connectivity index (χ0) is 16.1. The zero-order valence-electron chi connectivity index (χ0n) is 13.6. The fourth-order valence-corrected chi connectivity index (χ4v) is 2.94. The molecule has 22 heavy (non-hydrogen) atoms. The second-order valence-corrected chi connectivity index (χ2v) is 7.39. The van der Waals surface area contributed by atoms with Gasteiger partial charge in [0.15, 0.2) is 0 Å². The van der Waals surface area contributed by atoms with Gasteiger partial charge in [-0.3, -0.25) is 9.45 Å². The van der Waals surface area contributed by atoms with Crippen LogP contribution in [0.5, 0.6) is 0 Å². The molecule has 0 spiro atoms. The summed E-state index contributed by atoms with van der Waals surface area (Å²) >= 11 is 0. The second-order valence-electron chi connectivity index (χ2n) is 5.89. The first-order valence-electron chi connectivity index (χ1n) is 8.20. The van der Waals surface area contributed by atoms with Crippen molar-refractivity contribution in [1.29, 1.82) is 0 Å². The third-order valence-electron chi connectivity index (χ3n) is 3.73. The predicted molar refractivity (Wildman–Crippen MR) is 94.0 cm³/mol. The SMILES string of the molecule is CCCCCCCCCCCCN(C)C(O)CS(=O)(=O)O.[NaH]. The van der Waals surface area contributed by atoms with Crippen molar-refractivity contribution >= 4 is 39.7 Å². The molecule has 0 bridgehead atoms.